The third-order valence-corrected chi connectivity index (χ3v) is 3.52. The Morgan fingerprint density at radius 2 is 2.15 bits per heavy atom. The number of aromatic nitrogens is 2. The molecule has 1 aromatic heterocycles. The summed E-state index contributed by atoms with van der Waals surface area (Å²) in [6, 6.07) is 7.83. The molecule has 5 heteroatoms. The Bertz CT molecular complexity index is 573. The molecule has 2 aromatic rings. The molecule has 20 heavy (non-hydrogen) atoms. The summed E-state index contributed by atoms with van der Waals surface area (Å²) in [5.41, 5.74) is 2.05. The summed E-state index contributed by atoms with van der Waals surface area (Å²) in [6.45, 7) is 3.30. The maximum Gasteiger partial charge on any atom is 0.331 e. The molecule has 0 aliphatic carbocycles. The van der Waals surface area contributed by atoms with Crippen molar-refractivity contribution in [2.45, 2.75) is 19.4 Å². The van der Waals surface area contributed by atoms with Crippen molar-refractivity contribution in [3.63, 3.8) is 0 Å². The van der Waals surface area contributed by atoms with Crippen molar-refractivity contribution in [2.24, 2.45) is 0 Å². The van der Waals surface area contributed by atoms with Crippen molar-refractivity contribution < 1.29 is 4.79 Å². The highest BCUT2D eigenvalue weighted by Gasteiger charge is 2.12. The first-order chi connectivity index (χ1) is 9.81. The maximum atomic E-state index is 11.9. The van der Waals surface area contributed by atoms with Crippen LogP contribution in [0.4, 0.5) is 10.5 Å². The van der Waals surface area contributed by atoms with E-state index in [4.69, 9.17) is 0 Å². The molecule has 5 nitrogen and oxygen atoms in total. The van der Waals surface area contributed by atoms with Gasteiger partial charge in [0.05, 0.1) is 0 Å². The van der Waals surface area contributed by atoms with E-state index < -0.39 is 0 Å². The van der Waals surface area contributed by atoms with Gasteiger partial charge in [0.15, 0.2) is 0 Å². The fourth-order valence-corrected chi connectivity index (χ4v) is 2.51. The van der Waals surface area contributed by atoms with Gasteiger partial charge in [0.1, 0.15) is 6.33 Å². The zero-order valence-electron chi connectivity index (χ0n) is 11.3. The highest BCUT2D eigenvalue weighted by Crippen LogP contribution is 2.16. The molecule has 3 rings (SSSR count). The molecule has 1 aliphatic rings. The number of hydrogen-bond acceptors (Lipinski definition) is 3. The van der Waals surface area contributed by atoms with Gasteiger partial charge in [-0.2, -0.15) is 0 Å². The van der Waals surface area contributed by atoms with Gasteiger partial charge in [-0.3, -0.25) is 9.47 Å². The number of hydrogen-bond donors (Lipinski definition) is 1. The first kappa shape index (κ1) is 12.9. The molecule has 1 fully saturated rings. The lowest BCUT2D eigenvalue weighted by Crippen LogP contribution is -2.19. The fraction of sp³-hybridized carbons (Fsp3) is 0.333. The quantitative estimate of drug-likeness (QED) is 0.932. The van der Waals surface area contributed by atoms with Gasteiger partial charge < -0.3 is 5.32 Å². The van der Waals surface area contributed by atoms with Gasteiger partial charge in [-0.05, 0) is 43.6 Å². The summed E-state index contributed by atoms with van der Waals surface area (Å²) in [5, 5.41) is 2.88. The number of amides is 1. The Hall–Kier alpha value is -2.14. The summed E-state index contributed by atoms with van der Waals surface area (Å²) >= 11 is 0. The second-order valence-electron chi connectivity index (χ2n) is 5.08. The average Bonchev–Trinajstić information content (AvgIpc) is 3.12. The highest BCUT2D eigenvalue weighted by atomic mass is 16.2. The van der Waals surface area contributed by atoms with Crippen molar-refractivity contribution in [1.82, 2.24) is 14.5 Å². The number of carbonyl (C=O) groups is 1. The van der Waals surface area contributed by atoms with Crippen LogP contribution in [0.1, 0.15) is 18.4 Å². The van der Waals surface area contributed by atoms with E-state index in [1.807, 2.05) is 18.2 Å². The van der Waals surface area contributed by atoms with Crippen LogP contribution in [0.2, 0.25) is 0 Å². The van der Waals surface area contributed by atoms with Crippen molar-refractivity contribution in [1.29, 1.82) is 0 Å². The number of anilines is 1. The largest absolute Gasteiger partial charge is 0.331 e. The maximum absolute atomic E-state index is 11.9. The first-order valence-corrected chi connectivity index (χ1v) is 6.92. The van der Waals surface area contributed by atoms with E-state index in [2.05, 4.69) is 21.3 Å². The molecule has 1 N–H and O–H groups in total. The molecule has 1 saturated heterocycles. The minimum absolute atomic E-state index is 0.194. The fourth-order valence-electron chi connectivity index (χ4n) is 2.51. The van der Waals surface area contributed by atoms with Crippen LogP contribution in [-0.4, -0.2) is 33.6 Å². The minimum Gasteiger partial charge on any atom is -0.307 e. The van der Waals surface area contributed by atoms with Crippen LogP contribution in [-0.2, 0) is 6.54 Å². The van der Waals surface area contributed by atoms with Crippen LogP contribution in [0.5, 0.6) is 0 Å². The van der Waals surface area contributed by atoms with Crippen LogP contribution in [0.15, 0.2) is 43.0 Å². The van der Waals surface area contributed by atoms with Crippen LogP contribution < -0.4 is 5.32 Å². The highest BCUT2D eigenvalue weighted by molar-refractivity contribution is 5.90. The average molecular weight is 270 g/mol. The van der Waals surface area contributed by atoms with Gasteiger partial charge in [-0.25, -0.2) is 9.78 Å². The molecule has 2 heterocycles. The second kappa shape index (κ2) is 5.88. The third kappa shape index (κ3) is 3.05. The number of imidazole rings is 1. The van der Waals surface area contributed by atoms with Crippen LogP contribution >= 0.6 is 0 Å². The van der Waals surface area contributed by atoms with Crippen molar-refractivity contribution in [2.75, 3.05) is 18.4 Å². The van der Waals surface area contributed by atoms with Crippen LogP contribution in [0.3, 0.4) is 0 Å². The lowest BCUT2D eigenvalue weighted by molar-refractivity contribution is 0.253. The Balaban J connectivity index is 1.66. The summed E-state index contributed by atoms with van der Waals surface area (Å²) in [4.78, 5) is 18.2. The number of nitrogens with one attached hydrogen (secondary N) is 1. The Kier molecular flexibility index (Phi) is 3.78. The monoisotopic (exact) mass is 270 g/mol. The third-order valence-electron chi connectivity index (χ3n) is 3.52. The number of nitrogens with zero attached hydrogens (tertiary/aromatic N) is 3. The van der Waals surface area contributed by atoms with E-state index in [-0.39, 0.29) is 6.03 Å². The van der Waals surface area contributed by atoms with E-state index in [1.54, 1.807) is 12.4 Å². The topological polar surface area (TPSA) is 50.2 Å². The lowest BCUT2D eigenvalue weighted by Gasteiger charge is -2.15. The predicted octanol–water partition coefficient (Wildman–Crippen LogP) is 2.56. The zero-order chi connectivity index (χ0) is 13.8. The first-order valence-electron chi connectivity index (χ1n) is 6.92. The second-order valence-corrected chi connectivity index (χ2v) is 5.08. The molecule has 1 aliphatic heterocycles. The van der Waals surface area contributed by atoms with Gasteiger partial charge in [0, 0.05) is 24.6 Å². The standard InChI is InChI=1S/C15H18N4O/c20-15(19-9-6-16-12-19)17-14-5-3-4-13(10-14)11-18-7-1-2-8-18/h3-6,9-10,12H,1-2,7-8,11H2,(H,17,20). The van der Waals surface area contributed by atoms with Gasteiger partial charge in [-0.1, -0.05) is 12.1 Å². The normalized spacial score (nSPS) is 15.4. The molecular formula is C15H18N4O. The summed E-state index contributed by atoms with van der Waals surface area (Å²) in [7, 11) is 0. The number of carbonyl (C=O) groups excluding carboxylic acids is 1. The van der Waals surface area contributed by atoms with E-state index in [0.29, 0.717) is 0 Å². The van der Waals surface area contributed by atoms with Crippen molar-refractivity contribution in [3.05, 3.63) is 48.5 Å². The SMILES string of the molecule is O=C(Nc1cccc(CN2CCCC2)c1)n1ccnc1. The summed E-state index contributed by atoms with van der Waals surface area (Å²) in [6.07, 6.45) is 7.28. The van der Waals surface area contributed by atoms with Crippen molar-refractivity contribution >= 4 is 11.7 Å². The number of likely N-dealkylation sites (tertiary alicyclic amines) is 1. The predicted molar refractivity (Wildman–Crippen MR) is 77.6 cm³/mol. The molecule has 104 valence electrons. The molecule has 0 unspecified atom stereocenters. The number of benzene rings is 1. The van der Waals surface area contributed by atoms with E-state index in [0.717, 1.165) is 12.2 Å². The smallest absolute Gasteiger partial charge is 0.307 e. The molecular weight excluding hydrogens is 252 g/mol. The van der Waals surface area contributed by atoms with E-state index in [9.17, 15) is 4.79 Å². The number of rotatable bonds is 3. The molecule has 1 aromatic carbocycles. The molecule has 0 radical (unpaired) electrons. The van der Waals surface area contributed by atoms with Gasteiger partial charge in [-0.15, -0.1) is 0 Å². The van der Waals surface area contributed by atoms with E-state index in [1.165, 1.54) is 42.4 Å². The van der Waals surface area contributed by atoms with Gasteiger partial charge >= 0.3 is 6.03 Å². The minimum atomic E-state index is -0.194. The zero-order valence-corrected chi connectivity index (χ0v) is 11.3. The molecule has 0 bridgehead atoms. The Morgan fingerprint density at radius 3 is 2.90 bits per heavy atom. The molecule has 0 atom stereocenters. The van der Waals surface area contributed by atoms with Crippen molar-refractivity contribution in [3.8, 4) is 0 Å². The van der Waals surface area contributed by atoms with E-state index >= 15 is 0 Å². The Labute approximate surface area is 118 Å². The van der Waals surface area contributed by atoms with Crippen LogP contribution in [0, 0.1) is 0 Å². The van der Waals surface area contributed by atoms with Crippen LogP contribution in [0.25, 0.3) is 0 Å². The molecule has 0 saturated carbocycles. The van der Waals surface area contributed by atoms with Gasteiger partial charge in [0.25, 0.3) is 0 Å². The lowest BCUT2D eigenvalue weighted by atomic mass is 10.2. The Morgan fingerprint density at radius 1 is 1.30 bits per heavy atom. The molecule has 1 amide bonds. The summed E-state index contributed by atoms with van der Waals surface area (Å²) < 4.78 is 1.42. The molecule has 0 spiro atoms. The summed E-state index contributed by atoms with van der Waals surface area (Å²) in [5.74, 6) is 0. The van der Waals surface area contributed by atoms with Gasteiger partial charge in [0.2, 0.25) is 0 Å².